The van der Waals surface area contributed by atoms with E-state index in [0.717, 1.165) is 38.0 Å². The van der Waals surface area contributed by atoms with Gasteiger partial charge in [0.15, 0.2) is 5.13 Å². The van der Waals surface area contributed by atoms with Crippen molar-refractivity contribution in [3.05, 3.63) is 41.4 Å². The number of carbonyl (C=O) groups is 1. The molecule has 2 heterocycles. The van der Waals surface area contributed by atoms with Gasteiger partial charge in [-0.2, -0.15) is 0 Å². The molecular weight excluding hydrogens is 310 g/mol. The number of rotatable bonds is 5. The van der Waals surface area contributed by atoms with Gasteiger partial charge >= 0.3 is 0 Å². The van der Waals surface area contributed by atoms with Crippen molar-refractivity contribution in [1.82, 2.24) is 4.98 Å². The van der Waals surface area contributed by atoms with Gasteiger partial charge in [0.25, 0.3) is 0 Å². The lowest BCUT2D eigenvalue weighted by Crippen LogP contribution is -2.26. The molecule has 3 rings (SSSR count). The van der Waals surface area contributed by atoms with Crippen LogP contribution in [0.3, 0.4) is 0 Å². The summed E-state index contributed by atoms with van der Waals surface area (Å²) >= 11 is 1.43. The number of anilines is 2. The molecule has 5 nitrogen and oxygen atoms in total. The lowest BCUT2D eigenvalue weighted by atomic mass is 9.84. The molecule has 1 aromatic carbocycles. The predicted molar refractivity (Wildman–Crippen MR) is 92.5 cm³/mol. The van der Waals surface area contributed by atoms with Crippen molar-refractivity contribution < 1.29 is 9.53 Å². The van der Waals surface area contributed by atoms with Crippen molar-refractivity contribution in [3.63, 3.8) is 0 Å². The van der Waals surface area contributed by atoms with Crippen molar-refractivity contribution in [1.29, 1.82) is 0 Å². The molecule has 1 amide bonds. The van der Waals surface area contributed by atoms with Gasteiger partial charge < -0.3 is 15.8 Å². The van der Waals surface area contributed by atoms with Crippen LogP contribution in [0.1, 0.15) is 30.7 Å². The molecule has 1 unspecified atom stereocenters. The Balaban J connectivity index is 1.76. The first-order chi connectivity index (χ1) is 11.2. The van der Waals surface area contributed by atoms with Gasteiger partial charge in [0.05, 0.1) is 5.92 Å². The standard InChI is InChI=1S/C17H21N3O2S/c18-14-3-1-13(2-4-14)15(11-12-5-8-22-9-6-12)16(21)20-17-19-7-10-23-17/h1-4,7,10,12,15H,5-6,8-9,11,18H2,(H,19,20,21). The van der Waals surface area contributed by atoms with Gasteiger partial charge in [-0.1, -0.05) is 12.1 Å². The van der Waals surface area contributed by atoms with Crippen molar-refractivity contribution in [2.45, 2.75) is 25.2 Å². The SMILES string of the molecule is Nc1ccc(C(CC2CCOCC2)C(=O)Nc2nccs2)cc1. The van der Waals surface area contributed by atoms with E-state index >= 15 is 0 Å². The number of nitrogens with zero attached hydrogens (tertiary/aromatic N) is 1. The summed E-state index contributed by atoms with van der Waals surface area (Å²) in [6, 6.07) is 7.59. The van der Waals surface area contributed by atoms with Crippen LogP contribution in [-0.4, -0.2) is 24.1 Å². The monoisotopic (exact) mass is 331 g/mol. The zero-order valence-electron chi connectivity index (χ0n) is 12.9. The van der Waals surface area contributed by atoms with E-state index in [1.807, 2.05) is 29.6 Å². The molecular formula is C17H21N3O2S. The normalized spacial score (nSPS) is 16.9. The minimum absolute atomic E-state index is 0.00351. The Morgan fingerprint density at radius 3 is 2.74 bits per heavy atom. The number of nitrogens with two attached hydrogens (primary N) is 1. The number of hydrogen-bond acceptors (Lipinski definition) is 5. The highest BCUT2D eigenvalue weighted by atomic mass is 32.1. The Kier molecular flexibility index (Phi) is 5.25. The van der Waals surface area contributed by atoms with Crippen molar-refractivity contribution in [2.24, 2.45) is 5.92 Å². The van der Waals surface area contributed by atoms with E-state index in [1.165, 1.54) is 11.3 Å². The van der Waals surface area contributed by atoms with Crippen LogP contribution in [0.25, 0.3) is 0 Å². The van der Waals surface area contributed by atoms with Crippen LogP contribution in [0.2, 0.25) is 0 Å². The highest BCUT2D eigenvalue weighted by Crippen LogP contribution is 2.31. The van der Waals surface area contributed by atoms with Crippen LogP contribution in [0.5, 0.6) is 0 Å². The summed E-state index contributed by atoms with van der Waals surface area (Å²) in [4.78, 5) is 16.9. The van der Waals surface area contributed by atoms with Crippen LogP contribution in [0, 0.1) is 5.92 Å². The molecule has 2 aromatic rings. The first-order valence-corrected chi connectivity index (χ1v) is 8.74. The first-order valence-electron chi connectivity index (χ1n) is 7.86. The summed E-state index contributed by atoms with van der Waals surface area (Å²) in [5, 5.41) is 5.43. The Morgan fingerprint density at radius 2 is 2.09 bits per heavy atom. The van der Waals surface area contributed by atoms with Crippen LogP contribution in [0.4, 0.5) is 10.8 Å². The molecule has 1 aliphatic heterocycles. The first kappa shape index (κ1) is 16.0. The zero-order chi connectivity index (χ0) is 16.1. The summed E-state index contributed by atoms with van der Waals surface area (Å²) in [6.07, 6.45) is 4.54. The molecule has 0 radical (unpaired) electrons. The van der Waals surface area contributed by atoms with Crippen LogP contribution < -0.4 is 11.1 Å². The van der Waals surface area contributed by atoms with Gasteiger partial charge in [-0.25, -0.2) is 4.98 Å². The highest BCUT2D eigenvalue weighted by Gasteiger charge is 2.26. The van der Waals surface area contributed by atoms with Crippen LogP contribution in [0.15, 0.2) is 35.8 Å². The Labute approximate surface area is 139 Å². The number of nitrogen functional groups attached to an aromatic ring is 1. The second-order valence-corrected chi connectivity index (χ2v) is 6.73. The number of thiazole rings is 1. The van der Waals surface area contributed by atoms with E-state index in [0.29, 0.717) is 16.7 Å². The molecule has 3 N–H and O–H groups in total. The van der Waals surface area contributed by atoms with E-state index < -0.39 is 0 Å². The zero-order valence-corrected chi connectivity index (χ0v) is 13.7. The minimum Gasteiger partial charge on any atom is -0.399 e. The van der Waals surface area contributed by atoms with E-state index in [4.69, 9.17) is 10.5 Å². The molecule has 0 spiro atoms. The molecule has 122 valence electrons. The van der Waals surface area contributed by atoms with Crippen molar-refractivity contribution in [2.75, 3.05) is 24.3 Å². The minimum atomic E-state index is -0.192. The molecule has 1 aliphatic rings. The Bertz CT molecular complexity index is 622. The van der Waals surface area contributed by atoms with Gasteiger partial charge in [-0.15, -0.1) is 11.3 Å². The van der Waals surface area contributed by atoms with Crippen LogP contribution >= 0.6 is 11.3 Å². The maximum atomic E-state index is 12.8. The Morgan fingerprint density at radius 1 is 1.35 bits per heavy atom. The van der Waals surface area contributed by atoms with Gasteiger partial charge in [0.1, 0.15) is 0 Å². The molecule has 0 saturated carbocycles. The summed E-state index contributed by atoms with van der Waals surface area (Å²) in [7, 11) is 0. The smallest absolute Gasteiger partial charge is 0.233 e. The number of nitrogens with one attached hydrogen (secondary N) is 1. The maximum absolute atomic E-state index is 12.8. The summed E-state index contributed by atoms with van der Waals surface area (Å²) in [5.74, 6) is 0.312. The third-order valence-electron chi connectivity index (χ3n) is 4.23. The largest absolute Gasteiger partial charge is 0.399 e. The van der Waals surface area contributed by atoms with Crippen LogP contribution in [-0.2, 0) is 9.53 Å². The molecule has 23 heavy (non-hydrogen) atoms. The van der Waals surface area contributed by atoms with E-state index in [1.54, 1.807) is 6.20 Å². The number of aromatic nitrogens is 1. The molecule has 1 aromatic heterocycles. The summed E-state index contributed by atoms with van der Waals surface area (Å²) in [5.41, 5.74) is 7.48. The third kappa shape index (κ3) is 4.30. The molecule has 1 fully saturated rings. The molecule has 0 bridgehead atoms. The van der Waals surface area contributed by atoms with Gasteiger partial charge in [-0.05, 0) is 42.9 Å². The fraction of sp³-hybridized carbons (Fsp3) is 0.412. The van der Waals surface area contributed by atoms with Gasteiger partial charge in [-0.3, -0.25) is 4.79 Å². The van der Waals surface area contributed by atoms with Crippen molar-refractivity contribution >= 4 is 28.1 Å². The average Bonchev–Trinajstić information content (AvgIpc) is 3.07. The average molecular weight is 331 g/mol. The van der Waals surface area contributed by atoms with E-state index in [9.17, 15) is 4.79 Å². The third-order valence-corrected chi connectivity index (χ3v) is 4.92. The van der Waals surface area contributed by atoms with Gasteiger partial charge in [0, 0.05) is 30.5 Å². The second kappa shape index (κ2) is 7.57. The lowest BCUT2D eigenvalue weighted by Gasteiger charge is -2.26. The molecule has 1 atom stereocenters. The number of benzene rings is 1. The number of hydrogen-bond donors (Lipinski definition) is 2. The second-order valence-electron chi connectivity index (χ2n) is 5.84. The fourth-order valence-corrected chi connectivity index (χ4v) is 3.45. The lowest BCUT2D eigenvalue weighted by molar-refractivity contribution is -0.118. The number of ether oxygens (including phenoxy) is 1. The molecule has 0 aliphatic carbocycles. The summed E-state index contributed by atoms with van der Waals surface area (Å²) < 4.78 is 5.42. The fourth-order valence-electron chi connectivity index (χ4n) is 2.92. The molecule has 6 heteroatoms. The Hall–Kier alpha value is -1.92. The van der Waals surface area contributed by atoms with E-state index in [2.05, 4.69) is 10.3 Å². The summed E-state index contributed by atoms with van der Waals surface area (Å²) in [6.45, 7) is 1.57. The highest BCUT2D eigenvalue weighted by molar-refractivity contribution is 7.13. The number of carbonyl (C=O) groups excluding carboxylic acids is 1. The topological polar surface area (TPSA) is 77.2 Å². The predicted octanol–water partition coefficient (Wildman–Crippen LogP) is 3.26. The van der Waals surface area contributed by atoms with Crippen molar-refractivity contribution in [3.8, 4) is 0 Å². The quantitative estimate of drug-likeness (QED) is 0.824. The van der Waals surface area contributed by atoms with E-state index in [-0.39, 0.29) is 11.8 Å². The molecule has 1 saturated heterocycles. The number of amides is 1. The van der Waals surface area contributed by atoms with Gasteiger partial charge in [0.2, 0.25) is 5.91 Å². The maximum Gasteiger partial charge on any atom is 0.233 e.